The Hall–Kier alpha value is -3.80. The third-order valence-electron chi connectivity index (χ3n) is 5.75. The molecule has 0 radical (unpaired) electrons. The quantitative estimate of drug-likeness (QED) is 0.156. The maximum Gasteiger partial charge on any atom is 0.519 e. The Kier molecular flexibility index (Phi) is 8.73. The zero-order chi connectivity index (χ0) is 28.1. The van der Waals surface area contributed by atoms with Crippen molar-refractivity contribution in [1.29, 1.82) is 0 Å². The fraction of sp³-hybridized carbons (Fsp3) is 0.231. The molecule has 5 rings (SSSR count). The van der Waals surface area contributed by atoms with Crippen LogP contribution in [0.5, 0.6) is 0 Å². The van der Waals surface area contributed by atoms with Gasteiger partial charge in [-0.15, -0.1) is 0 Å². The molecule has 0 fully saturated rings. The summed E-state index contributed by atoms with van der Waals surface area (Å²) in [4.78, 5) is 34.6. The summed E-state index contributed by atoms with van der Waals surface area (Å²) < 4.78 is 30.1. The van der Waals surface area contributed by atoms with Crippen LogP contribution in [-0.2, 0) is 33.5 Å². The van der Waals surface area contributed by atoms with Crippen molar-refractivity contribution in [2.24, 2.45) is 0 Å². The van der Waals surface area contributed by atoms with Crippen molar-refractivity contribution >= 4 is 37.1 Å². The molecule has 3 aromatic heterocycles. The van der Waals surface area contributed by atoms with Crippen LogP contribution < -0.4 is 17.1 Å². The topological polar surface area (TPSA) is 161 Å². The summed E-state index contributed by atoms with van der Waals surface area (Å²) in [7, 11) is -1.57. The molecule has 208 valence electrons. The molecule has 0 aliphatic heterocycles. The summed E-state index contributed by atoms with van der Waals surface area (Å²) in [6.07, 6.45) is 1.63. The maximum absolute atomic E-state index is 12.0. The van der Waals surface area contributed by atoms with Gasteiger partial charge in [0.15, 0.2) is 31.1 Å². The second-order valence-corrected chi connectivity index (χ2v) is 10.6. The minimum atomic E-state index is -1.57. The lowest BCUT2D eigenvalue weighted by molar-refractivity contribution is 0.136. The third-order valence-corrected chi connectivity index (χ3v) is 7.23. The predicted octanol–water partition coefficient (Wildman–Crippen LogP) is 4.60. The molecule has 40 heavy (non-hydrogen) atoms. The molecule has 3 N–H and O–H groups in total. The van der Waals surface area contributed by atoms with Crippen molar-refractivity contribution in [3.8, 4) is 11.3 Å². The Bertz CT molecular complexity index is 1700. The Morgan fingerprint density at radius 1 is 1.05 bits per heavy atom. The van der Waals surface area contributed by atoms with Crippen LogP contribution in [0.25, 0.3) is 22.5 Å². The number of benzene rings is 2. The number of hydrogen-bond acceptors (Lipinski definition) is 10. The van der Waals surface area contributed by atoms with E-state index in [1.165, 1.54) is 6.33 Å². The SMILES string of the molecule is Cc1ccc(COP(COCCn2cnc3c(=O)[nH]c(N)nc32)OCc2oc(=O)oc2-c2ccc(Cl)cc2)cc1. The van der Waals surface area contributed by atoms with Crippen LogP contribution >= 0.6 is 20.0 Å². The van der Waals surface area contributed by atoms with Gasteiger partial charge in [0.25, 0.3) is 5.56 Å². The van der Waals surface area contributed by atoms with Crippen LogP contribution in [0.3, 0.4) is 0 Å². The van der Waals surface area contributed by atoms with Gasteiger partial charge in [0.2, 0.25) is 5.95 Å². The Morgan fingerprint density at radius 2 is 1.80 bits per heavy atom. The average Bonchev–Trinajstić information content (AvgIpc) is 3.52. The fourth-order valence-corrected chi connectivity index (χ4v) is 4.92. The Morgan fingerprint density at radius 3 is 2.58 bits per heavy atom. The molecule has 3 heterocycles. The zero-order valence-electron chi connectivity index (χ0n) is 21.3. The van der Waals surface area contributed by atoms with Gasteiger partial charge in [-0.1, -0.05) is 41.4 Å². The number of fused-ring (bicyclic) bond motifs is 1. The number of H-pyrrole nitrogens is 1. The second-order valence-electron chi connectivity index (χ2n) is 8.68. The van der Waals surface area contributed by atoms with Crippen molar-refractivity contribution in [3.63, 3.8) is 0 Å². The first kappa shape index (κ1) is 27.8. The molecular weight excluding hydrogens is 561 g/mol. The van der Waals surface area contributed by atoms with E-state index in [2.05, 4.69) is 15.0 Å². The van der Waals surface area contributed by atoms with Crippen LogP contribution in [0.15, 0.2) is 73.3 Å². The van der Waals surface area contributed by atoms with Crippen molar-refractivity contribution < 1.29 is 22.6 Å². The molecular formula is C26H25ClN5O7P. The molecule has 1 unspecified atom stereocenters. The van der Waals surface area contributed by atoms with E-state index < -0.39 is 19.8 Å². The number of nitrogens with two attached hydrogens (primary N) is 1. The first-order chi connectivity index (χ1) is 19.4. The first-order valence-corrected chi connectivity index (χ1v) is 13.9. The van der Waals surface area contributed by atoms with Crippen LogP contribution in [-0.4, -0.2) is 32.5 Å². The number of hydrogen-bond donors (Lipinski definition) is 2. The number of aromatic nitrogens is 4. The van der Waals surface area contributed by atoms with Crippen molar-refractivity contribution in [3.05, 3.63) is 97.7 Å². The highest BCUT2D eigenvalue weighted by Gasteiger charge is 2.19. The lowest BCUT2D eigenvalue weighted by Gasteiger charge is -2.17. The number of halogens is 1. The van der Waals surface area contributed by atoms with E-state index in [1.807, 2.05) is 31.2 Å². The first-order valence-electron chi connectivity index (χ1n) is 12.1. The number of nitrogens with zero attached hydrogens (tertiary/aromatic N) is 3. The molecule has 14 heteroatoms. The number of imidazole rings is 1. The van der Waals surface area contributed by atoms with Gasteiger partial charge in [-0.3, -0.25) is 9.78 Å². The molecule has 0 aliphatic carbocycles. The molecule has 0 saturated carbocycles. The molecule has 1 atom stereocenters. The van der Waals surface area contributed by atoms with E-state index in [0.29, 0.717) is 29.4 Å². The highest BCUT2D eigenvalue weighted by molar-refractivity contribution is 7.46. The van der Waals surface area contributed by atoms with Gasteiger partial charge in [0.05, 0.1) is 19.5 Å². The summed E-state index contributed by atoms with van der Waals surface area (Å²) in [5, 5.41) is 0.548. The molecule has 0 bridgehead atoms. The van der Waals surface area contributed by atoms with E-state index in [9.17, 15) is 9.59 Å². The molecule has 0 aliphatic rings. The summed E-state index contributed by atoms with van der Waals surface area (Å²) in [6, 6.07) is 14.7. The highest BCUT2D eigenvalue weighted by Crippen LogP contribution is 2.41. The normalized spacial score (nSPS) is 12.2. The molecule has 12 nitrogen and oxygen atoms in total. The lowest BCUT2D eigenvalue weighted by Crippen LogP contribution is -2.13. The van der Waals surface area contributed by atoms with Crippen LogP contribution in [0, 0.1) is 6.92 Å². The third kappa shape index (κ3) is 6.85. The standard InChI is InChI=1S/C26H25ClN5O7P/c1-16-2-4-17(5-3-16)12-36-40(15-35-11-10-32-14-29-21-23(32)30-25(28)31-24(21)33)37-13-20-22(39-26(34)38-20)18-6-8-19(27)9-7-18/h2-9,14H,10-13,15H2,1H3,(H3,28,30,31,33). The van der Waals surface area contributed by atoms with Gasteiger partial charge in [-0.25, -0.2) is 9.78 Å². The summed E-state index contributed by atoms with van der Waals surface area (Å²) in [5.41, 5.74) is 8.54. The number of nitrogens with one attached hydrogen (secondary N) is 1. The van der Waals surface area contributed by atoms with Gasteiger partial charge >= 0.3 is 5.82 Å². The smallest absolute Gasteiger partial charge is 0.393 e. The highest BCUT2D eigenvalue weighted by atomic mass is 35.5. The molecule has 0 saturated heterocycles. The van der Waals surface area contributed by atoms with E-state index in [4.69, 9.17) is 40.0 Å². The van der Waals surface area contributed by atoms with Crippen LogP contribution in [0.1, 0.15) is 16.9 Å². The second kappa shape index (κ2) is 12.6. The fourth-order valence-electron chi connectivity index (χ4n) is 3.73. The minimum Gasteiger partial charge on any atom is -0.393 e. The van der Waals surface area contributed by atoms with E-state index in [-0.39, 0.29) is 42.5 Å². The van der Waals surface area contributed by atoms with Crippen molar-refractivity contribution in [1.82, 2.24) is 19.5 Å². The van der Waals surface area contributed by atoms with Crippen molar-refractivity contribution in [2.75, 3.05) is 18.7 Å². The summed E-state index contributed by atoms with van der Waals surface area (Å²) in [6.45, 7) is 2.85. The zero-order valence-corrected chi connectivity index (χ0v) is 23.0. The predicted molar refractivity (Wildman–Crippen MR) is 149 cm³/mol. The Balaban J connectivity index is 1.24. The monoisotopic (exact) mass is 585 g/mol. The minimum absolute atomic E-state index is 0.00506. The summed E-state index contributed by atoms with van der Waals surface area (Å²) in [5.74, 6) is -0.363. The maximum atomic E-state index is 12.0. The number of aromatic amines is 1. The van der Waals surface area contributed by atoms with Crippen LogP contribution in [0.2, 0.25) is 5.02 Å². The van der Waals surface area contributed by atoms with E-state index in [0.717, 1.165) is 11.1 Å². The number of nitrogen functional groups attached to an aromatic ring is 1. The Labute approximate surface area is 233 Å². The van der Waals surface area contributed by atoms with E-state index in [1.54, 1.807) is 28.8 Å². The van der Waals surface area contributed by atoms with Gasteiger partial charge in [0, 0.05) is 17.1 Å². The molecule has 0 spiro atoms. The average molecular weight is 586 g/mol. The number of anilines is 1. The van der Waals surface area contributed by atoms with Gasteiger partial charge < -0.3 is 32.9 Å². The molecule has 2 aromatic carbocycles. The number of rotatable bonds is 12. The van der Waals surface area contributed by atoms with Crippen LogP contribution in [0.4, 0.5) is 5.95 Å². The largest absolute Gasteiger partial charge is 0.519 e. The van der Waals surface area contributed by atoms with Gasteiger partial charge in [-0.2, -0.15) is 4.98 Å². The molecule has 5 aromatic rings. The number of aryl methyl sites for hydroxylation is 1. The van der Waals surface area contributed by atoms with Gasteiger partial charge in [0.1, 0.15) is 13.0 Å². The van der Waals surface area contributed by atoms with Gasteiger partial charge in [-0.05, 0) is 36.8 Å². The molecule has 0 amide bonds. The van der Waals surface area contributed by atoms with E-state index >= 15 is 0 Å². The lowest BCUT2D eigenvalue weighted by atomic mass is 10.1. The number of ether oxygens (including phenoxy) is 1. The van der Waals surface area contributed by atoms with Crippen molar-refractivity contribution in [2.45, 2.75) is 26.7 Å². The summed E-state index contributed by atoms with van der Waals surface area (Å²) >= 11 is 5.98.